The van der Waals surface area contributed by atoms with E-state index in [1.807, 2.05) is 0 Å². The molecule has 2 aromatic carbocycles. The number of nitrogens with zero attached hydrogens (tertiary/aromatic N) is 2. The predicted octanol–water partition coefficient (Wildman–Crippen LogP) is 5.53. The first-order valence-electron chi connectivity index (χ1n) is 8.05. The van der Waals surface area contributed by atoms with Gasteiger partial charge in [0.1, 0.15) is 5.75 Å². The van der Waals surface area contributed by atoms with Crippen molar-refractivity contribution < 1.29 is 13.9 Å². The van der Waals surface area contributed by atoms with Crippen LogP contribution >= 0.6 is 23.2 Å². The third-order valence-corrected chi connectivity index (χ3v) is 4.56. The number of amides is 1. The SMILES string of the molecule is [C-]#[N+]c1cc(Cl)cc(Oc2c(Cl)ccc(CC3=NNC(=O)[C@H](C)C3)c2F)c1. The van der Waals surface area contributed by atoms with Crippen molar-refractivity contribution in [2.75, 3.05) is 0 Å². The minimum Gasteiger partial charge on any atom is -0.454 e. The van der Waals surface area contributed by atoms with Gasteiger partial charge in [0.15, 0.2) is 17.3 Å². The Labute approximate surface area is 165 Å². The third kappa shape index (κ3) is 4.38. The molecule has 8 heteroatoms. The maximum absolute atomic E-state index is 15.0. The summed E-state index contributed by atoms with van der Waals surface area (Å²) in [5.41, 5.74) is 3.70. The number of carbonyl (C=O) groups excluding carboxylic acids is 1. The molecule has 0 saturated carbocycles. The summed E-state index contributed by atoms with van der Waals surface area (Å²) in [6.45, 7) is 8.86. The van der Waals surface area contributed by atoms with Gasteiger partial charge < -0.3 is 4.74 Å². The van der Waals surface area contributed by atoms with E-state index in [-0.39, 0.29) is 40.5 Å². The Morgan fingerprint density at radius 1 is 1.37 bits per heavy atom. The molecule has 0 bridgehead atoms. The largest absolute Gasteiger partial charge is 0.454 e. The van der Waals surface area contributed by atoms with E-state index >= 15 is 0 Å². The quantitative estimate of drug-likeness (QED) is 0.679. The molecule has 0 aromatic heterocycles. The Balaban J connectivity index is 1.89. The lowest BCUT2D eigenvalue weighted by Gasteiger charge is -2.18. The van der Waals surface area contributed by atoms with Crippen LogP contribution < -0.4 is 10.2 Å². The molecule has 3 rings (SSSR count). The van der Waals surface area contributed by atoms with Crippen LogP contribution in [-0.2, 0) is 11.2 Å². The molecule has 1 amide bonds. The van der Waals surface area contributed by atoms with Gasteiger partial charge in [-0.05, 0) is 36.2 Å². The van der Waals surface area contributed by atoms with E-state index in [1.54, 1.807) is 13.0 Å². The Hall–Kier alpha value is -2.62. The lowest BCUT2D eigenvalue weighted by molar-refractivity contribution is -0.124. The Bertz CT molecular complexity index is 986. The number of halogens is 3. The fraction of sp³-hybridized carbons (Fsp3) is 0.211. The van der Waals surface area contributed by atoms with Gasteiger partial charge in [0.05, 0.1) is 11.6 Å². The van der Waals surface area contributed by atoms with Crippen molar-refractivity contribution in [1.82, 2.24) is 5.43 Å². The number of hydrogen-bond donors (Lipinski definition) is 1. The summed E-state index contributed by atoms with van der Waals surface area (Å²) in [5.74, 6) is -0.944. The second kappa shape index (κ2) is 7.95. The van der Waals surface area contributed by atoms with E-state index in [4.69, 9.17) is 34.5 Å². The monoisotopic (exact) mass is 405 g/mol. The van der Waals surface area contributed by atoms with Crippen LogP contribution in [0.5, 0.6) is 11.5 Å². The number of hydrazone groups is 1. The molecule has 0 radical (unpaired) electrons. The van der Waals surface area contributed by atoms with Crippen LogP contribution in [0, 0.1) is 18.3 Å². The van der Waals surface area contributed by atoms with Gasteiger partial charge in [-0.3, -0.25) is 4.79 Å². The average Bonchev–Trinajstić information content (AvgIpc) is 2.63. The molecule has 0 spiro atoms. The summed E-state index contributed by atoms with van der Waals surface area (Å²) in [6, 6.07) is 7.48. The van der Waals surface area contributed by atoms with Crippen molar-refractivity contribution in [1.29, 1.82) is 0 Å². The predicted molar refractivity (Wildman–Crippen MR) is 102 cm³/mol. The first-order chi connectivity index (χ1) is 12.9. The zero-order valence-corrected chi connectivity index (χ0v) is 15.7. The lowest BCUT2D eigenvalue weighted by atomic mass is 9.97. The summed E-state index contributed by atoms with van der Waals surface area (Å²) < 4.78 is 20.6. The summed E-state index contributed by atoms with van der Waals surface area (Å²) in [5, 5.41) is 4.38. The van der Waals surface area contributed by atoms with Gasteiger partial charge in [0.2, 0.25) is 5.91 Å². The lowest BCUT2D eigenvalue weighted by Crippen LogP contribution is -2.33. The van der Waals surface area contributed by atoms with Crippen LogP contribution in [0.4, 0.5) is 10.1 Å². The van der Waals surface area contributed by atoms with E-state index in [0.29, 0.717) is 22.7 Å². The fourth-order valence-corrected chi connectivity index (χ4v) is 3.06. The van der Waals surface area contributed by atoms with Gasteiger partial charge in [-0.15, -0.1) is 0 Å². The average molecular weight is 406 g/mol. The van der Waals surface area contributed by atoms with Crippen molar-refractivity contribution in [2.45, 2.75) is 19.8 Å². The van der Waals surface area contributed by atoms with Gasteiger partial charge in [-0.25, -0.2) is 14.7 Å². The number of nitrogens with one attached hydrogen (secondary N) is 1. The van der Waals surface area contributed by atoms with Gasteiger partial charge in [-0.2, -0.15) is 5.10 Å². The molecular weight excluding hydrogens is 392 g/mol. The third-order valence-electron chi connectivity index (χ3n) is 4.04. The molecule has 27 heavy (non-hydrogen) atoms. The highest BCUT2D eigenvalue weighted by Crippen LogP contribution is 2.36. The molecular formula is C19H14Cl2FN3O2. The van der Waals surface area contributed by atoms with Gasteiger partial charge >= 0.3 is 0 Å². The number of carbonyl (C=O) groups is 1. The first kappa shape index (κ1) is 19.2. The van der Waals surface area contributed by atoms with Crippen LogP contribution in [-0.4, -0.2) is 11.6 Å². The minimum atomic E-state index is -0.626. The zero-order valence-electron chi connectivity index (χ0n) is 14.2. The molecule has 1 N–H and O–H groups in total. The molecule has 1 aliphatic heterocycles. The van der Waals surface area contributed by atoms with Crippen LogP contribution in [0.25, 0.3) is 4.85 Å². The van der Waals surface area contributed by atoms with Gasteiger partial charge in [0.25, 0.3) is 0 Å². The van der Waals surface area contributed by atoms with Crippen LogP contribution in [0.15, 0.2) is 35.4 Å². The van der Waals surface area contributed by atoms with Crippen LogP contribution in [0.1, 0.15) is 18.9 Å². The topological polar surface area (TPSA) is 55.0 Å². The zero-order chi connectivity index (χ0) is 19.6. The van der Waals surface area contributed by atoms with Crippen molar-refractivity contribution in [3.05, 3.63) is 63.2 Å². The summed E-state index contributed by atoms with van der Waals surface area (Å²) in [4.78, 5) is 14.8. The highest BCUT2D eigenvalue weighted by molar-refractivity contribution is 6.32. The summed E-state index contributed by atoms with van der Waals surface area (Å²) in [6.07, 6.45) is 0.666. The van der Waals surface area contributed by atoms with E-state index in [1.165, 1.54) is 24.3 Å². The highest BCUT2D eigenvalue weighted by atomic mass is 35.5. The van der Waals surface area contributed by atoms with E-state index in [2.05, 4.69) is 15.4 Å². The maximum atomic E-state index is 15.0. The van der Waals surface area contributed by atoms with Crippen LogP contribution in [0.2, 0.25) is 10.0 Å². The first-order valence-corrected chi connectivity index (χ1v) is 8.81. The summed E-state index contributed by atoms with van der Waals surface area (Å²) in [7, 11) is 0. The fourth-order valence-electron chi connectivity index (χ4n) is 2.66. The molecule has 2 aromatic rings. The van der Waals surface area contributed by atoms with Crippen molar-refractivity contribution in [2.24, 2.45) is 11.0 Å². The Kier molecular flexibility index (Phi) is 5.64. The molecule has 1 heterocycles. The highest BCUT2D eigenvalue weighted by Gasteiger charge is 2.23. The Morgan fingerprint density at radius 2 is 2.15 bits per heavy atom. The van der Waals surface area contributed by atoms with E-state index in [0.717, 1.165) is 0 Å². The van der Waals surface area contributed by atoms with E-state index < -0.39 is 5.82 Å². The molecule has 1 aliphatic rings. The van der Waals surface area contributed by atoms with E-state index in [9.17, 15) is 9.18 Å². The van der Waals surface area contributed by atoms with Crippen molar-refractivity contribution in [3.8, 4) is 11.5 Å². The van der Waals surface area contributed by atoms with Gasteiger partial charge in [-0.1, -0.05) is 36.2 Å². The second-order valence-corrected chi connectivity index (χ2v) is 6.99. The van der Waals surface area contributed by atoms with Crippen molar-refractivity contribution in [3.63, 3.8) is 0 Å². The second-order valence-electron chi connectivity index (χ2n) is 6.14. The standard InChI is InChI=1S/C19H14Cl2FN3O2/c1-10-5-14(24-25-19(10)26)6-11-3-4-16(21)18(17(11)22)27-15-8-12(20)7-13(9-15)23-2/h3-4,7-10H,5-6H2,1H3,(H,25,26)/t10-/m1/s1. The molecule has 5 nitrogen and oxygen atoms in total. The Morgan fingerprint density at radius 3 is 2.85 bits per heavy atom. The smallest absolute Gasteiger partial charge is 0.243 e. The van der Waals surface area contributed by atoms with Crippen molar-refractivity contribution >= 4 is 40.5 Å². The normalized spacial score (nSPS) is 16.3. The molecule has 0 fully saturated rings. The molecule has 0 saturated heterocycles. The number of benzene rings is 2. The molecule has 0 unspecified atom stereocenters. The minimum absolute atomic E-state index is 0.0906. The van der Waals surface area contributed by atoms with Crippen LogP contribution in [0.3, 0.4) is 0 Å². The number of ether oxygens (including phenoxy) is 1. The maximum Gasteiger partial charge on any atom is 0.243 e. The number of hydrogen-bond acceptors (Lipinski definition) is 3. The molecule has 0 aliphatic carbocycles. The summed E-state index contributed by atoms with van der Waals surface area (Å²) >= 11 is 12.1. The molecule has 138 valence electrons. The van der Waals surface area contributed by atoms with Gasteiger partial charge in [0, 0.05) is 23.1 Å². The molecule has 1 atom stereocenters. The number of rotatable bonds is 4.